The Morgan fingerprint density at radius 1 is 1.07 bits per heavy atom. The smallest absolute Gasteiger partial charge is 0.407 e. The van der Waals surface area contributed by atoms with Crippen LogP contribution in [0.25, 0.3) is 0 Å². The fourth-order valence-electron chi connectivity index (χ4n) is 3.80. The quantitative estimate of drug-likeness (QED) is 0.662. The van der Waals surface area contributed by atoms with Crippen LogP contribution in [0.1, 0.15) is 43.7 Å². The lowest BCUT2D eigenvalue weighted by Crippen LogP contribution is -2.37. The highest BCUT2D eigenvalue weighted by Crippen LogP contribution is 2.19. The number of hydrogen-bond donors (Lipinski definition) is 1. The standard InChI is InChI=1S/C24H32N2O3/c1-26-17-9-8-12-21(26)15-18-29-24(27)25-23(20-10-4-2-5-11-20)16-19-28-22-13-6-3-7-14-22/h2-7,10-11,13-14,21,23H,8-9,12,15-19H2,1H3,(H,25,27). The molecule has 2 aromatic rings. The van der Waals surface area contributed by atoms with Crippen LogP contribution in [0.4, 0.5) is 4.79 Å². The zero-order valence-electron chi connectivity index (χ0n) is 17.3. The molecule has 1 aliphatic rings. The van der Waals surface area contributed by atoms with Gasteiger partial charge in [-0.05, 0) is 50.6 Å². The van der Waals surface area contributed by atoms with Crippen molar-refractivity contribution in [2.75, 3.05) is 26.8 Å². The highest BCUT2D eigenvalue weighted by molar-refractivity contribution is 5.67. The third-order valence-corrected chi connectivity index (χ3v) is 5.52. The topological polar surface area (TPSA) is 50.8 Å². The predicted octanol–water partition coefficient (Wildman–Crippen LogP) is 4.80. The minimum absolute atomic E-state index is 0.148. The van der Waals surface area contributed by atoms with Crippen molar-refractivity contribution in [2.24, 2.45) is 0 Å². The van der Waals surface area contributed by atoms with Crippen LogP contribution in [-0.4, -0.2) is 43.8 Å². The Morgan fingerprint density at radius 3 is 2.52 bits per heavy atom. The molecule has 1 amide bonds. The number of nitrogens with one attached hydrogen (secondary N) is 1. The second kappa shape index (κ2) is 11.5. The number of likely N-dealkylation sites (tertiary alicyclic amines) is 1. The van der Waals surface area contributed by atoms with Crippen molar-refractivity contribution in [1.29, 1.82) is 0 Å². The molecule has 1 N–H and O–H groups in total. The summed E-state index contributed by atoms with van der Waals surface area (Å²) >= 11 is 0. The van der Waals surface area contributed by atoms with E-state index >= 15 is 0 Å². The van der Waals surface area contributed by atoms with Gasteiger partial charge in [0, 0.05) is 12.5 Å². The molecule has 2 unspecified atom stereocenters. The Labute approximate surface area is 174 Å². The number of alkyl carbamates (subject to hydrolysis) is 1. The summed E-state index contributed by atoms with van der Waals surface area (Å²) in [5, 5.41) is 3.01. The van der Waals surface area contributed by atoms with Crippen LogP contribution in [0.5, 0.6) is 5.75 Å². The fraction of sp³-hybridized carbons (Fsp3) is 0.458. The van der Waals surface area contributed by atoms with Crippen molar-refractivity contribution >= 4 is 6.09 Å². The van der Waals surface area contributed by atoms with E-state index in [-0.39, 0.29) is 12.1 Å². The molecule has 1 aliphatic heterocycles. The molecule has 5 nitrogen and oxygen atoms in total. The first kappa shape index (κ1) is 21.2. The van der Waals surface area contributed by atoms with Crippen LogP contribution in [0.2, 0.25) is 0 Å². The SMILES string of the molecule is CN1CCCCC1CCOC(=O)NC(CCOc1ccccc1)c1ccccc1. The molecule has 1 fully saturated rings. The summed E-state index contributed by atoms with van der Waals surface area (Å²) in [7, 11) is 2.15. The van der Waals surface area contributed by atoms with Crippen LogP contribution in [-0.2, 0) is 4.74 Å². The molecule has 1 heterocycles. The molecule has 29 heavy (non-hydrogen) atoms. The van der Waals surface area contributed by atoms with E-state index in [0.29, 0.717) is 25.7 Å². The van der Waals surface area contributed by atoms with E-state index in [0.717, 1.165) is 24.3 Å². The molecule has 5 heteroatoms. The van der Waals surface area contributed by atoms with Gasteiger partial charge in [-0.2, -0.15) is 0 Å². The minimum atomic E-state index is -0.364. The van der Waals surface area contributed by atoms with E-state index in [1.54, 1.807) is 0 Å². The molecule has 1 saturated heterocycles. The van der Waals surface area contributed by atoms with Crippen molar-refractivity contribution in [3.05, 3.63) is 66.2 Å². The number of nitrogens with zero attached hydrogens (tertiary/aromatic N) is 1. The first-order valence-electron chi connectivity index (χ1n) is 10.6. The maximum Gasteiger partial charge on any atom is 0.407 e. The number of ether oxygens (including phenoxy) is 2. The van der Waals surface area contributed by atoms with Gasteiger partial charge in [0.2, 0.25) is 0 Å². The molecular weight excluding hydrogens is 364 g/mol. The molecule has 2 aromatic carbocycles. The van der Waals surface area contributed by atoms with Crippen molar-refractivity contribution in [1.82, 2.24) is 10.2 Å². The van der Waals surface area contributed by atoms with Gasteiger partial charge >= 0.3 is 6.09 Å². The molecule has 0 bridgehead atoms. The summed E-state index contributed by atoms with van der Waals surface area (Å²) in [6, 6.07) is 20.1. The lowest BCUT2D eigenvalue weighted by molar-refractivity contribution is 0.111. The van der Waals surface area contributed by atoms with Crippen LogP contribution >= 0.6 is 0 Å². The number of benzene rings is 2. The zero-order valence-corrected chi connectivity index (χ0v) is 17.3. The summed E-state index contributed by atoms with van der Waals surface area (Å²) in [5.41, 5.74) is 1.05. The van der Waals surface area contributed by atoms with Crippen LogP contribution < -0.4 is 10.1 Å². The zero-order chi connectivity index (χ0) is 20.3. The average Bonchev–Trinajstić information content (AvgIpc) is 2.76. The normalized spacial score (nSPS) is 18.0. The van der Waals surface area contributed by atoms with E-state index in [1.165, 1.54) is 19.3 Å². The third kappa shape index (κ3) is 7.09. The Hall–Kier alpha value is -2.53. The lowest BCUT2D eigenvalue weighted by atomic mass is 10.0. The number of amides is 1. The Bertz CT molecular complexity index is 723. The summed E-state index contributed by atoms with van der Waals surface area (Å²) in [6.45, 7) is 2.09. The molecule has 0 spiro atoms. The van der Waals surface area contributed by atoms with Gasteiger partial charge in [-0.1, -0.05) is 55.0 Å². The second-order valence-corrected chi connectivity index (χ2v) is 7.61. The Balaban J connectivity index is 1.47. The number of para-hydroxylation sites is 1. The molecule has 0 aromatic heterocycles. The summed E-state index contributed by atoms with van der Waals surface area (Å²) in [4.78, 5) is 14.8. The third-order valence-electron chi connectivity index (χ3n) is 5.52. The van der Waals surface area contributed by atoms with E-state index in [2.05, 4.69) is 17.3 Å². The van der Waals surface area contributed by atoms with E-state index < -0.39 is 0 Å². The summed E-state index contributed by atoms with van der Waals surface area (Å²) in [6.07, 6.45) is 4.90. The van der Waals surface area contributed by atoms with Gasteiger partial charge in [-0.15, -0.1) is 0 Å². The van der Waals surface area contributed by atoms with Crippen molar-refractivity contribution in [3.8, 4) is 5.75 Å². The monoisotopic (exact) mass is 396 g/mol. The van der Waals surface area contributed by atoms with Gasteiger partial charge in [0.05, 0.1) is 19.3 Å². The summed E-state index contributed by atoms with van der Waals surface area (Å²) < 4.78 is 11.3. The van der Waals surface area contributed by atoms with Gasteiger partial charge < -0.3 is 19.7 Å². The number of hydrogen-bond acceptors (Lipinski definition) is 4. The van der Waals surface area contributed by atoms with E-state index in [1.807, 2.05) is 60.7 Å². The molecule has 2 atom stereocenters. The van der Waals surface area contributed by atoms with Gasteiger partial charge in [-0.25, -0.2) is 4.79 Å². The molecule has 3 rings (SSSR count). The number of rotatable bonds is 9. The second-order valence-electron chi connectivity index (χ2n) is 7.61. The van der Waals surface area contributed by atoms with Gasteiger partial charge in [0.15, 0.2) is 0 Å². The van der Waals surface area contributed by atoms with E-state index in [9.17, 15) is 4.79 Å². The van der Waals surface area contributed by atoms with Crippen molar-refractivity contribution in [2.45, 2.75) is 44.2 Å². The predicted molar refractivity (Wildman–Crippen MR) is 115 cm³/mol. The van der Waals surface area contributed by atoms with E-state index in [4.69, 9.17) is 9.47 Å². The highest BCUT2D eigenvalue weighted by Gasteiger charge is 2.20. The van der Waals surface area contributed by atoms with Gasteiger partial charge in [0.1, 0.15) is 5.75 Å². The molecule has 0 aliphatic carbocycles. The largest absolute Gasteiger partial charge is 0.494 e. The summed E-state index contributed by atoms with van der Waals surface area (Å²) in [5.74, 6) is 0.832. The molecule has 156 valence electrons. The maximum absolute atomic E-state index is 12.4. The first-order valence-corrected chi connectivity index (χ1v) is 10.6. The lowest BCUT2D eigenvalue weighted by Gasteiger charge is -2.32. The molecule has 0 radical (unpaired) electrons. The Kier molecular flexibility index (Phi) is 8.38. The van der Waals surface area contributed by atoms with Gasteiger partial charge in [-0.3, -0.25) is 0 Å². The average molecular weight is 397 g/mol. The molecular formula is C24H32N2O3. The first-order chi connectivity index (χ1) is 14.2. The Morgan fingerprint density at radius 2 is 1.79 bits per heavy atom. The fourth-order valence-corrected chi connectivity index (χ4v) is 3.80. The molecule has 0 saturated carbocycles. The minimum Gasteiger partial charge on any atom is -0.494 e. The van der Waals surface area contributed by atoms with Crippen molar-refractivity contribution < 1.29 is 14.3 Å². The van der Waals surface area contributed by atoms with Gasteiger partial charge in [0.25, 0.3) is 0 Å². The number of carbonyl (C=O) groups excluding carboxylic acids is 1. The number of carbonyl (C=O) groups is 1. The maximum atomic E-state index is 12.4. The van der Waals surface area contributed by atoms with Crippen LogP contribution in [0.15, 0.2) is 60.7 Å². The highest BCUT2D eigenvalue weighted by atomic mass is 16.5. The number of piperidine rings is 1. The van der Waals surface area contributed by atoms with Crippen LogP contribution in [0, 0.1) is 0 Å². The van der Waals surface area contributed by atoms with Crippen molar-refractivity contribution in [3.63, 3.8) is 0 Å². The van der Waals surface area contributed by atoms with Crippen LogP contribution in [0.3, 0.4) is 0 Å².